The average molecular weight is 112 g/mol. The molecule has 2 aliphatic rings. The van der Waals surface area contributed by atoms with Gasteiger partial charge in [-0.25, -0.2) is 0 Å². The Balaban J connectivity index is 2.01. The van der Waals surface area contributed by atoms with Crippen LogP contribution in [0.2, 0.25) is 0 Å². The third kappa shape index (κ3) is 0.501. The lowest BCUT2D eigenvalue weighted by molar-refractivity contribution is 0.156. The number of hydrogen-bond donors (Lipinski definition) is 2. The highest BCUT2D eigenvalue weighted by molar-refractivity contribution is 4.95. The summed E-state index contributed by atoms with van der Waals surface area (Å²) >= 11 is 0. The molecule has 0 amide bonds. The zero-order chi connectivity index (χ0) is 5.45. The number of hydrogen-bond acceptors (Lipinski definition) is 2. The Morgan fingerprint density at radius 3 is 1.88 bits per heavy atom. The highest BCUT2D eigenvalue weighted by Gasteiger charge is 2.37. The third-order valence-corrected chi connectivity index (χ3v) is 2.31. The first-order valence-corrected chi connectivity index (χ1v) is 3.41. The van der Waals surface area contributed by atoms with E-state index in [0.717, 1.165) is 6.67 Å². The summed E-state index contributed by atoms with van der Waals surface area (Å²) in [6.07, 6.45) is 5.49. The maximum Gasteiger partial charge on any atom is 0.0706 e. The molecule has 2 nitrogen and oxygen atoms in total. The summed E-state index contributed by atoms with van der Waals surface area (Å²) < 4.78 is 0. The Kier molecular flexibility index (Phi) is 0.866. The lowest BCUT2D eigenvalue weighted by Gasteiger charge is -2.41. The van der Waals surface area contributed by atoms with E-state index in [1.807, 2.05) is 0 Å². The molecule has 0 aromatic rings. The molecule has 0 unspecified atom stereocenters. The van der Waals surface area contributed by atoms with Crippen molar-refractivity contribution < 1.29 is 0 Å². The van der Waals surface area contributed by atoms with Crippen LogP contribution in [0.25, 0.3) is 0 Å². The molecule has 2 rings (SSSR count). The molecule has 0 aromatic carbocycles. The summed E-state index contributed by atoms with van der Waals surface area (Å²) in [5.74, 6) is 0. The Bertz CT molecular complexity index is 88.7. The molecule has 0 atom stereocenters. The van der Waals surface area contributed by atoms with Gasteiger partial charge in [-0.2, -0.15) is 0 Å². The average Bonchev–Trinajstić information content (AvgIpc) is 2.07. The monoisotopic (exact) mass is 112 g/mol. The smallest absolute Gasteiger partial charge is 0.0706 e. The van der Waals surface area contributed by atoms with Gasteiger partial charge in [0.1, 0.15) is 0 Å². The van der Waals surface area contributed by atoms with Crippen molar-refractivity contribution in [1.29, 1.82) is 0 Å². The van der Waals surface area contributed by atoms with Crippen LogP contribution in [0, 0.1) is 0 Å². The lowest BCUT2D eigenvalue weighted by atomic mass is 10.1. The summed E-state index contributed by atoms with van der Waals surface area (Å²) in [4.78, 5) is 0. The van der Waals surface area contributed by atoms with Gasteiger partial charge in [-0.15, -0.1) is 0 Å². The highest BCUT2D eigenvalue weighted by atomic mass is 15.4. The van der Waals surface area contributed by atoms with Gasteiger partial charge in [-0.3, -0.25) is 10.6 Å². The van der Waals surface area contributed by atoms with E-state index in [-0.39, 0.29) is 0 Å². The van der Waals surface area contributed by atoms with Gasteiger partial charge in [0.15, 0.2) is 0 Å². The summed E-state index contributed by atoms with van der Waals surface area (Å²) in [7, 11) is 0. The summed E-state index contributed by atoms with van der Waals surface area (Å²) in [6.45, 7) is 1.03. The molecule has 1 saturated heterocycles. The van der Waals surface area contributed by atoms with Gasteiger partial charge < -0.3 is 0 Å². The van der Waals surface area contributed by atoms with Crippen molar-refractivity contribution in [3.8, 4) is 0 Å². The molecule has 1 saturated carbocycles. The zero-order valence-corrected chi connectivity index (χ0v) is 5.04. The van der Waals surface area contributed by atoms with E-state index in [9.17, 15) is 0 Å². The van der Waals surface area contributed by atoms with Crippen molar-refractivity contribution in [2.45, 2.75) is 31.3 Å². The number of nitrogens with one attached hydrogen (secondary N) is 2. The van der Waals surface area contributed by atoms with Gasteiger partial charge in [0.25, 0.3) is 0 Å². The molecule has 2 heteroatoms. The first-order valence-electron chi connectivity index (χ1n) is 3.41. The van der Waals surface area contributed by atoms with Crippen LogP contribution in [0.4, 0.5) is 0 Å². The molecule has 2 N–H and O–H groups in total. The summed E-state index contributed by atoms with van der Waals surface area (Å²) in [5, 5.41) is 6.82. The minimum Gasteiger partial charge on any atom is -0.287 e. The van der Waals surface area contributed by atoms with Gasteiger partial charge >= 0.3 is 0 Å². The minimum atomic E-state index is 0.417. The maximum atomic E-state index is 3.41. The van der Waals surface area contributed by atoms with E-state index >= 15 is 0 Å². The van der Waals surface area contributed by atoms with Crippen LogP contribution < -0.4 is 10.6 Å². The van der Waals surface area contributed by atoms with Crippen LogP contribution in [0.1, 0.15) is 25.7 Å². The van der Waals surface area contributed by atoms with Crippen LogP contribution in [0.5, 0.6) is 0 Å². The Morgan fingerprint density at radius 1 is 1.00 bits per heavy atom. The largest absolute Gasteiger partial charge is 0.287 e. The highest BCUT2D eigenvalue weighted by Crippen LogP contribution is 2.29. The van der Waals surface area contributed by atoms with Crippen LogP contribution in [-0.2, 0) is 0 Å². The van der Waals surface area contributed by atoms with E-state index in [2.05, 4.69) is 10.6 Å². The first-order chi connectivity index (χ1) is 3.91. The molecule has 8 heavy (non-hydrogen) atoms. The van der Waals surface area contributed by atoms with E-state index in [1.165, 1.54) is 25.7 Å². The zero-order valence-electron chi connectivity index (χ0n) is 5.04. The molecule has 0 radical (unpaired) electrons. The van der Waals surface area contributed by atoms with Gasteiger partial charge in [-0.1, -0.05) is 12.8 Å². The van der Waals surface area contributed by atoms with Crippen molar-refractivity contribution in [3.05, 3.63) is 0 Å². The fourth-order valence-corrected chi connectivity index (χ4v) is 1.67. The Hall–Kier alpha value is -0.0800. The molecule has 1 aliphatic carbocycles. The molecule has 2 fully saturated rings. The molecule has 1 heterocycles. The molecular weight excluding hydrogens is 100 g/mol. The molecule has 0 bridgehead atoms. The molecule has 46 valence electrons. The van der Waals surface area contributed by atoms with E-state index in [0.29, 0.717) is 5.66 Å². The minimum absolute atomic E-state index is 0.417. The second kappa shape index (κ2) is 1.45. The molecular formula is C6H12N2. The van der Waals surface area contributed by atoms with Crippen LogP contribution in [-0.4, -0.2) is 12.3 Å². The van der Waals surface area contributed by atoms with Crippen LogP contribution >= 0.6 is 0 Å². The SMILES string of the molecule is C1CCC2(C1)NCN2. The topological polar surface area (TPSA) is 24.1 Å². The van der Waals surface area contributed by atoms with Crippen molar-refractivity contribution >= 4 is 0 Å². The third-order valence-electron chi connectivity index (χ3n) is 2.31. The standard InChI is InChI=1S/C6H12N2/c1-2-4-6(3-1)7-5-8-6/h7-8H,1-5H2. The van der Waals surface area contributed by atoms with E-state index in [1.54, 1.807) is 0 Å². The number of rotatable bonds is 0. The molecule has 1 aliphatic heterocycles. The second-order valence-corrected chi connectivity index (χ2v) is 2.82. The second-order valence-electron chi connectivity index (χ2n) is 2.82. The fraction of sp³-hybridized carbons (Fsp3) is 1.00. The lowest BCUT2D eigenvalue weighted by Crippen LogP contribution is -2.69. The van der Waals surface area contributed by atoms with Crippen molar-refractivity contribution in [2.24, 2.45) is 0 Å². The Morgan fingerprint density at radius 2 is 1.62 bits per heavy atom. The summed E-state index contributed by atoms with van der Waals surface area (Å²) in [5.41, 5.74) is 0.417. The van der Waals surface area contributed by atoms with E-state index < -0.39 is 0 Å². The molecule has 0 aromatic heterocycles. The predicted molar refractivity (Wildman–Crippen MR) is 32.3 cm³/mol. The first kappa shape index (κ1) is 4.77. The maximum absolute atomic E-state index is 3.41. The van der Waals surface area contributed by atoms with Gasteiger partial charge in [0, 0.05) is 6.67 Å². The Labute approximate surface area is 49.7 Å². The van der Waals surface area contributed by atoms with Gasteiger partial charge in [-0.05, 0) is 12.8 Å². The predicted octanol–water partition coefficient (Wildman–Crippen LogP) is 0.407. The fourth-order valence-electron chi connectivity index (χ4n) is 1.67. The van der Waals surface area contributed by atoms with Crippen molar-refractivity contribution in [3.63, 3.8) is 0 Å². The quantitative estimate of drug-likeness (QED) is 0.474. The van der Waals surface area contributed by atoms with Gasteiger partial charge in [0.05, 0.1) is 5.66 Å². The van der Waals surface area contributed by atoms with Crippen molar-refractivity contribution in [1.82, 2.24) is 10.6 Å². The van der Waals surface area contributed by atoms with Gasteiger partial charge in [0.2, 0.25) is 0 Å². The van der Waals surface area contributed by atoms with Crippen LogP contribution in [0.3, 0.4) is 0 Å². The summed E-state index contributed by atoms with van der Waals surface area (Å²) in [6, 6.07) is 0. The normalized spacial score (nSPS) is 33.0. The van der Waals surface area contributed by atoms with Crippen LogP contribution in [0.15, 0.2) is 0 Å². The molecule has 1 spiro atoms. The van der Waals surface area contributed by atoms with Crippen molar-refractivity contribution in [2.75, 3.05) is 6.67 Å². The van der Waals surface area contributed by atoms with E-state index in [4.69, 9.17) is 0 Å².